The molecule has 0 spiro atoms. The van der Waals surface area contributed by atoms with Gasteiger partial charge in [0, 0.05) is 19.6 Å². The highest BCUT2D eigenvalue weighted by atomic mass is 14.9. The molecular weight excluding hydrogens is 150 g/mol. The molecule has 0 aliphatic heterocycles. The molecule has 72 valence electrons. The Morgan fingerprint density at radius 3 is 2.33 bits per heavy atom. The molecule has 0 unspecified atom stereocenters. The molecule has 12 heavy (non-hydrogen) atoms. The Balaban J connectivity index is 2.92. The first-order chi connectivity index (χ1) is 5.91. The number of rotatable bonds is 8. The fourth-order valence-corrected chi connectivity index (χ4v) is 0.828. The van der Waals surface area contributed by atoms with Crippen LogP contribution in [0.3, 0.4) is 0 Å². The summed E-state index contributed by atoms with van der Waals surface area (Å²) in [5, 5.41) is 9.47. The van der Waals surface area contributed by atoms with E-state index in [1.54, 1.807) is 0 Å². The number of hydrogen-bond donors (Lipinski definition) is 3. The highest BCUT2D eigenvalue weighted by Gasteiger charge is 1.80. The van der Waals surface area contributed by atoms with Gasteiger partial charge in [0.05, 0.1) is 0 Å². The zero-order valence-corrected chi connectivity index (χ0v) is 8.19. The number of nitrogens with one attached hydrogen (secondary N) is 3. The summed E-state index contributed by atoms with van der Waals surface area (Å²) < 4.78 is 0. The van der Waals surface area contributed by atoms with Crippen LogP contribution in [0.5, 0.6) is 0 Å². The van der Waals surface area contributed by atoms with Crippen LogP contribution in [0.25, 0.3) is 0 Å². The molecule has 0 amide bonds. The van der Waals surface area contributed by atoms with E-state index in [2.05, 4.69) is 28.1 Å². The summed E-state index contributed by atoms with van der Waals surface area (Å²) >= 11 is 0. The lowest BCUT2D eigenvalue weighted by Gasteiger charge is -1.99. The van der Waals surface area contributed by atoms with Crippen molar-refractivity contribution in [3.63, 3.8) is 0 Å². The van der Waals surface area contributed by atoms with Crippen LogP contribution in [0, 0.1) is 0 Å². The van der Waals surface area contributed by atoms with Crippen molar-refractivity contribution in [3.8, 4) is 0 Å². The van der Waals surface area contributed by atoms with Crippen molar-refractivity contribution in [2.75, 3.05) is 40.3 Å². The van der Waals surface area contributed by atoms with Crippen molar-refractivity contribution in [1.29, 1.82) is 0 Å². The quantitative estimate of drug-likeness (QED) is 0.354. The van der Waals surface area contributed by atoms with Gasteiger partial charge in [-0.2, -0.15) is 0 Å². The summed E-state index contributed by atoms with van der Waals surface area (Å²) in [5.41, 5.74) is 0. The Bertz CT molecular complexity index is 102. The van der Waals surface area contributed by atoms with Gasteiger partial charge in [0.2, 0.25) is 0 Å². The second-order valence-electron chi connectivity index (χ2n) is 2.67. The lowest BCUT2D eigenvalue weighted by atomic mass is 10.3. The van der Waals surface area contributed by atoms with E-state index in [0.29, 0.717) is 0 Å². The van der Waals surface area contributed by atoms with Gasteiger partial charge >= 0.3 is 0 Å². The van der Waals surface area contributed by atoms with Crippen molar-refractivity contribution in [2.24, 2.45) is 0 Å². The maximum Gasteiger partial charge on any atom is 0.0135 e. The monoisotopic (exact) mass is 171 g/mol. The molecule has 3 N–H and O–H groups in total. The Morgan fingerprint density at radius 2 is 1.67 bits per heavy atom. The van der Waals surface area contributed by atoms with E-state index in [1.807, 2.05) is 14.1 Å². The summed E-state index contributed by atoms with van der Waals surface area (Å²) in [4.78, 5) is 0. The maximum absolute atomic E-state index is 3.29. The van der Waals surface area contributed by atoms with Crippen molar-refractivity contribution < 1.29 is 0 Å². The summed E-state index contributed by atoms with van der Waals surface area (Å²) in [7, 11) is 3.93. The average Bonchev–Trinajstić information content (AvgIpc) is 2.10. The Hall–Kier alpha value is -0.380. The fraction of sp³-hybridized carbons (Fsp3) is 0.778. The Labute approximate surface area is 75.6 Å². The molecule has 0 bridgehead atoms. The van der Waals surface area contributed by atoms with Crippen LogP contribution < -0.4 is 16.0 Å². The predicted octanol–water partition coefficient (Wildman–Crippen LogP) is -0.0389. The summed E-state index contributed by atoms with van der Waals surface area (Å²) in [6.45, 7) is 4.11. The molecule has 0 aromatic rings. The minimum atomic E-state index is 0.978. The zero-order valence-electron chi connectivity index (χ0n) is 8.19. The van der Waals surface area contributed by atoms with Gasteiger partial charge in [0.1, 0.15) is 0 Å². The van der Waals surface area contributed by atoms with Crippen LogP contribution in [0.2, 0.25) is 0 Å². The first-order valence-corrected chi connectivity index (χ1v) is 4.56. The SMILES string of the molecule is CNCC/C=C\CNCCNC. The normalized spacial score (nSPS) is 11.2. The lowest BCUT2D eigenvalue weighted by Crippen LogP contribution is -2.24. The van der Waals surface area contributed by atoms with Gasteiger partial charge in [-0.3, -0.25) is 0 Å². The molecule has 0 aromatic heterocycles. The third kappa shape index (κ3) is 9.62. The van der Waals surface area contributed by atoms with E-state index in [1.165, 1.54) is 0 Å². The highest BCUT2D eigenvalue weighted by Crippen LogP contribution is 1.78. The number of hydrogen-bond acceptors (Lipinski definition) is 3. The molecule has 3 heteroatoms. The third-order valence-electron chi connectivity index (χ3n) is 1.54. The Morgan fingerprint density at radius 1 is 0.917 bits per heavy atom. The molecule has 3 nitrogen and oxygen atoms in total. The van der Waals surface area contributed by atoms with E-state index >= 15 is 0 Å². The van der Waals surface area contributed by atoms with Crippen LogP contribution >= 0.6 is 0 Å². The minimum Gasteiger partial charge on any atom is -0.319 e. The van der Waals surface area contributed by atoms with Crippen molar-refractivity contribution in [2.45, 2.75) is 6.42 Å². The smallest absolute Gasteiger partial charge is 0.0135 e. The van der Waals surface area contributed by atoms with Gasteiger partial charge in [-0.05, 0) is 27.1 Å². The molecule has 0 rings (SSSR count). The first kappa shape index (κ1) is 11.6. The molecule has 0 heterocycles. The van der Waals surface area contributed by atoms with E-state index in [0.717, 1.165) is 32.6 Å². The molecule has 0 aliphatic carbocycles. The van der Waals surface area contributed by atoms with Crippen LogP contribution in [-0.4, -0.2) is 40.3 Å². The fourth-order valence-electron chi connectivity index (χ4n) is 0.828. The topological polar surface area (TPSA) is 36.1 Å². The Kier molecular flexibility index (Phi) is 10.3. The molecular formula is C9H21N3. The highest BCUT2D eigenvalue weighted by molar-refractivity contribution is 4.84. The lowest BCUT2D eigenvalue weighted by molar-refractivity contribution is 0.688. The van der Waals surface area contributed by atoms with E-state index < -0.39 is 0 Å². The third-order valence-corrected chi connectivity index (χ3v) is 1.54. The zero-order chi connectivity index (χ0) is 9.07. The second kappa shape index (κ2) is 10.6. The van der Waals surface area contributed by atoms with Gasteiger partial charge < -0.3 is 16.0 Å². The molecule has 0 fully saturated rings. The van der Waals surface area contributed by atoms with Crippen LogP contribution in [-0.2, 0) is 0 Å². The molecule has 0 aromatic carbocycles. The van der Waals surface area contributed by atoms with Gasteiger partial charge in [-0.25, -0.2) is 0 Å². The van der Waals surface area contributed by atoms with Crippen LogP contribution in [0.4, 0.5) is 0 Å². The molecule has 0 aliphatic rings. The summed E-state index contributed by atoms with van der Waals surface area (Å²) in [6.07, 6.45) is 5.49. The first-order valence-electron chi connectivity index (χ1n) is 4.56. The predicted molar refractivity (Wildman–Crippen MR) is 54.5 cm³/mol. The van der Waals surface area contributed by atoms with Crippen molar-refractivity contribution in [3.05, 3.63) is 12.2 Å². The van der Waals surface area contributed by atoms with Crippen LogP contribution in [0.15, 0.2) is 12.2 Å². The summed E-state index contributed by atoms with van der Waals surface area (Å²) in [5.74, 6) is 0. The summed E-state index contributed by atoms with van der Waals surface area (Å²) in [6, 6.07) is 0. The van der Waals surface area contributed by atoms with Gasteiger partial charge in [-0.15, -0.1) is 0 Å². The largest absolute Gasteiger partial charge is 0.319 e. The average molecular weight is 171 g/mol. The minimum absolute atomic E-state index is 0.978. The molecule has 0 saturated heterocycles. The van der Waals surface area contributed by atoms with Gasteiger partial charge in [-0.1, -0.05) is 12.2 Å². The molecule has 0 radical (unpaired) electrons. The maximum atomic E-state index is 3.29. The van der Waals surface area contributed by atoms with E-state index in [4.69, 9.17) is 0 Å². The van der Waals surface area contributed by atoms with Crippen molar-refractivity contribution in [1.82, 2.24) is 16.0 Å². The van der Waals surface area contributed by atoms with Crippen LogP contribution in [0.1, 0.15) is 6.42 Å². The van der Waals surface area contributed by atoms with Gasteiger partial charge in [0.25, 0.3) is 0 Å². The second-order valence-corrected chi connectivity index (χ2v) is 2.67. The molecule has 0 saturated carbocycles. The van der Waals surface area contributed by atoms with E-state index in [9.17, 15) is 0 Å². The van der Waals surface area contributed by atoms with E-state index in [-0.39, 0.29) is 0 Å². The standard InChI is InChI=1S/C9H21N3/c1-10-6-4-3-5-7-12-9-8-11-2/h3,5,10-12H,4,6-9H2,1-2H3/b5-3-. The van der Waals surface area contributed by atoms with Gasteiger partial charge in [0.15, 0.2) is 0 Å². The number of likely N-dealkylation sites (N-methyl/N-ethyl adjacent to an activating group) is 1. The molecule has 0 atom stereocenters. The van der Waals surface area contributed by atoms with Crippen molar-refractivity contribution >= 4 is 0 Å².